The van der Waals surface area contributed by atoms with Gasteiger partial charge in [-0.1, -0.05) is 0 Å². The highest BCUT2D eigenvalue weighted by atomic mass is 16.5. The summed E-state index contributed by atoms with van der Waals surface area (Å²) < 4.78 is 10.6. The van der Waals surface area contributed by atoms with Crippen molar-refractivity contribution >= 4 is 17.6 Å². The molecule has 148 valence electrons. The van der Waals surface area contributed by atoms with E-state index in [2.05, 4.69) is 14.9 Å². The third kappa shape index (κ3) is 3.84. The molecule has 9 nitrogen and oxygen atoms in total. The summed E-state index contributed by atoms with van der Waals surface area (Å²) in [7, 11) is 0. The normalized spacial score (nSPS) is 17.7. The first-order valence-corrected chi connectivity index (χ1v) is 9.42. The summed E-state index contributed by atoms with van der Waals surface area (Å²) in [5.41, 5.74) is 0.389. The standard InChI is InChI=1S/C19H23N5O4/c1-14-20-15(13-17(21-14)22-8-11-27-12-9-22)18(25)23-4-6-24(7-5-23)19(26)16-3-2-10-28-16/h2-3,10,13H,4-9,11-12H2,1H3. The molecule has 4 rings (SSSR count). The Morgan fingerprint density at radius 1 is 0.964 bits per heavy atom. The van der Waals surface area contributed by atoms with Gasteiger partial charge in [-0.15, -0.1) is 0 Å². The number of rotatable bonds is 3. The number of hydrogen-bond donors (Lipinski definition) is 0. The molecule has 0 bridgehead atoms. The fourth-order valence-corrected chi connectivity index (χ4v) is 3.45. The maximum absolute atomic E-state index is 13.0. The third-order valence-electron chi connectivity index (χ3n) is 4.96. The van der Waals surface area contributed by atoms with Crippen LogP contribution in [0, 0.1) is 6.92 Å². The Hall–Kier alpha value is -2.94. The summed E-state index contributed by atoms with van der Waals surface area (Å²) in [4.78, 5) is 39.7. The van der Waals surface area contributed by atoms with Crippen LogP contribution in [0.25, 0.3) is 0 Å². The lowest BCUT2D eigenvalue weighted by atomic mass is 10.2. The van der Waals surface area contributed by atoms with Crippen LogP contribution in [0.5, 0.6) is 0 Å². The van der Waals surface area contributed by atoms with E-state index >= 15 is 0 Å². The molecule has 0 N–H and O–H groups in total. The van der Waals surface area contributed by atoms with Crippen LogP contribution in [-0.4, -0.2) is 84.1 Å². The van der Waals surface area contributed by atoms with Crippen molar-refractivity contribution < 1.29 is 18.7 Å². The molecule has 0 atom stereocenters. The number of hydrogen-bond acceptors (Lipinski definition) is 7. The van der Waals surface area contributed by atoms with Crippen molar-refractivity contribution in [1.82, 2.24) is 19.8 Å². The molecular weight excluding hydrogens is 362 g/mol. The molecule has 2 amide bonds. The molecule has 2 aromatic rings. The van der Waals surface area contributed by atoms with Crippen molar-refractivity contribution in [2.45, 2.75) is 6.92 Å². The Morgan fingerprint density at radius 2 is 1.64 bits per heavy atom. The minimum atomic E-state index is -0.149. The van der Waals surface area contributed by atoms with Gasteiger partial charge in [0, 0.05) is 45.3 Å². The molecule has 4 heterocycles. The minimum absolute atomic E-state index is 0.134. The van der Waals surface area contributed by atoms with Crippen molar-refractivity contribution in [3.63, 3.8) is 0 Å². The average Bonchev–Trinajstić information content (AvgIpc) is 3.28. The van der Waals surface area contributed by atoms with Gasteiger partial charge in [0.2, 0.25) is 0 Å². The highest BCUT2D eigenvalue weighted by Gasteiger charge is 2.28. The van der Waals surface area contributed by atoms with Crippen LogP contribution in [0.15, 0.2) is 28.9 Å². The van der Waals surface area contributed by atoms with E-state index in [1.54, 1.807) is 34.9 Å². The smallest absolute Gasteiger partial charge is 0.289 e. The van der Waals surface area contributed by atoms with E-state index in [1.165, 1.54) is 6.26 Å². The molecule has 2 aromatic heterocycles. The number of aromatic nitrogens is 2. The molecule has 0 spiro atoms. The van der Waals surface area contributed by atoms with E-state index in [4.69, 9.17) is 9.15 Å². The summed E-state index contributed by atoms with van der Waals surface area (Å²) >= 11 is 0. The third-order valence-corrected chi connectivity index (χ3v) is 4.96. The number of amides is 2. The first-order chi connectivity index (χ1) is 13.6. The number of nitrogens with zero attached hydrogens (tertiary/aromatic N) is 5. The van der Waals surface area contributed by atoms with Gasteiger partial charge in [0.15, 0.2) is 5.76 Å². The van der Waals surface area contributed by atoms with Gasteiger partial charge >= 0.3 is 0 Å². The molecule has 2 fully saturated rings. The van der Waals surface area contributed by atoms with Crippen molar-refractivity contribution in [1.29, 1.82) is 0 Å². The Morgan fingerprint density at radius 3 is 2.29 bits per heavy atom. The Labute approximate surface area is 162 Å². The van der Waals surface area contributed by atoms with Crippen LogP contribution in [0.1, 0.15) is 26.9 Å². The van der Waals surface area contributed by atoms with E-state index in [0.717, 1.165) is 18.9 Å². The summed E-state index contributed by atoms with van der Waals surface area (Å²) in [5, 5.41) is 0. The first kappa shape index (κ1) is 18.4. The monoisotopic (exact) mass is 385 g/mol. The van der Waals surface area contributed by atoms with Crippen molar-refractivity contribution in [2.75, 3.05) is 57.4 Å². The maximum Gasteiger partial charge on any atom is 0.289 e. The molecule has 0 aliphatic carbocycles. The second-order valence-electron chi connectivity index (χ2n) is 6.82. The molecule has 0 radical (unpaired) electrons. The van der Waals surface area contributed by atoms with Crippen LogP contribution in [0.3, 0.4) is 0 Å². The average molecular weight is 385 g/mol. The predicted octanol–water partition coefficient (Wildman–Crippen LogP) is 0.813. The van der Waals surface area contributed by atoms with Gasteiger partial charge in [0.25, 0.3) is 11.8 Å². The molecule has 0 unspecified atom stereocenters. The highest BCUT2D eigenvalue weighted by molar-refractivity contribution is 5.94. The van der Waals surface area contributed by atoms with Crippen LogP contribution in [-0.2, 0) is 4.74 Å². The number of carbonyl (C=O) groups excluding carboxylic acids is 2. The number of carbonyl (C=O) groups is 2. The van der Waals surface area contributed by atoms with Crippen LogP contribution >= 0.6 is 0 Å². The lowest BCUT2D eigenvalue weighted by molar-refractivity contribution is 0.0515. The Kier molecular flexibility index (Phi) is 5.25. The van der Waals surface area contributed by atoms with Crippen LogP contribution in [0.4, 0.5) is 5.82 Å². The molecule has 0 saturated carbocycles. The van der Waals surface area contributed by atoms with Gasteiger partial charge in [0.1, 0.15) is 17.3 Å². The Bertz CT molecular complexity index is 840. The maximum atomic E-state index is 13.0. The number of piperazine rings is 1. The van der Waals surface area contributed by atoms with Gasteiger partial charge in [-0.2, -0.15) is 0 Å². The number of anilines is 1. The molecule has 0 aromatic carbocycles. The quantitative estimate of drug-likeness (QED) is 0.772. The minimum Gasteiger partial charge on any atom is -0.459 e. The van der Waals surface area contributed by atoms with Gasteiger partial charge in [-0.05, 0) is 19.1 Å². The second-order valence-corrected chi connectivity index (χ2v) is 6.82. The zero-order valence-electron chi connectivity index (χ0n) is 15.8. The zero-order chi connectivity index (χ0) is 19.5. The molecule has 28 heavy (non-hydrogen) atoms. The fraction of sp³-hybridized carbons (Fsp3) is 0.474. The lowest BCUT2D eigenvalue weighted by Gasteiger charge is -2.34. The number of morpholine rings is 1. The van der Waals surface area contributed by atoms with Crippen LogP contribution in [0.2, 0.25) is 0 Å². The predicted molar refractivity (Wildman–Crippen MR) is 100 cm³/mol. The molecule has 2 aliphatic heterocycles. The van der Waals surface area contributed by atoms with Crippen molar-refractivity contribution in [3.8, 4) is 0 Å². The largest absolute Gasteiger partial charge is 0.459 e. The fourth-order valence-electron chi connectivity index (χ4n) is 3.45. The van der Waals surface area contributed by atoms with Crippen molar-refractivity contribution in [3.05, 3.63) is 41.7 Å². The summed E-state index contributed by atoms with van der Waals surface area (Å²) in [5.74, 6) is 1.36. The van der Waals surface area contributed by atoms with Crippen molar-refractivity contribution in [2.24, 2.45) is 0 Å². The van der Waals surface area contributed by atoms with E-state index in [1.807, 2.05) is 0 Å². The van der Waals surface area contributed by atoms with Gasteiger partial charge in [-0.25, -0.2) is 9.97 Å². The van der Waals surface area contributed by atoms with E-state index in [0.29, 0.717) is 56.7 Å². The molecule has 2 saturated heterocycles. The summed E-state index contributed by atoms with van der Waals surface area (Å²) in [6.07, 6.45) is 1.48. The Balaban J connectivity index is 1.42. The SMILES string of the molecule is Cc1nc(C(=O)N2CCN(C(=O)c3ccco3)CC2)cc(N2CCOCC2)n1. The summed E-state index contributed by atoms with van der Waals surface area (Å²) in [6, 6.07) is 5.09. The lowest BCUT2D eigenvalue weighted by Crippen LogP contribution is -2.50. The van der Waals surface area contributed by atoms with E-state index in [-0.39, 0.29) is 11.8 Å². The van der Waals surface area contributed by atoms with E-state index < -0.39 is 0 Å². The van der Waals surface area contributed by atoms with E-state index in [9.17, 15) is 9.59 Å². The first-order valence-electron chi connectivity index (χ1n) is 9.42. The number of ether oxygens (including phenoxy) is 1. The van der Waals surface area contributed by atoms with Gasteiger partial charge < -0.3 is 23.9 Å². The molecule has 2 aliphatic rings. The molecular formula is C19H23N5O4. The highest BCUT2D eigenvalue weighted by Crippen LogP contribution is 2.17. The number of aryl methyl sites for hydroxylation is 1. The molecule has 9 heteroatoms. The zero-order valence-corrected chi connectivity index (χ0v) is 15.8. The van der Waals surface area contributed by atoms with Gasteiger partial charge in [0.05, 0.1) is 19.5 Å². The van der Waals surface area contributed by atoms with Gasteiger partial charge in [-0.3, -0.25) is 9.59 Å². The number of furan rings is 1. The second kappa shape index (κ2) is 7.97. The topological polar surface area (TPSA) is 92.0 Å². The van der Waals surface area contributed by atoms with Crippen LogP contribution < -0.4 is 4.90 Å². The summed E-state index contributed by atoms with van der Waals surface area (Å²) in [6.45, 7) is 6.44.